The molecule has 0 saturated heterocycles. The number of hydrogen-bond acceptors (Lipinski definition) is 3. The zero-order valence-corrected chi connectivity index (χ0v) is 13.4. The first kappa shape index (κ1) is 14.6. The Hall–Kier alpha value is -2.95. The van der Waals surface area contributed by atoms with Gasteiger partial charge in [-0.05, 0) is 24.3 Å². The highest BCUT2D eigenvalue weighted by Gasteiger charge is 2.15. The average molecular weight is 322 g/mol. The van der Waals surface area contributed by atoms with Crippen molar-refractivity contribution in [3.05, 3.63) is 54.2 Å². The maximum absolute atomic E-state index is 12.6. The molecule has 2 heterocycles. The Bertz CT molecular complexity index is 914. The van der Waals surface area contributed by atoms with E-state index in [1.165, 1.54) is 0 Å². The molecule has 0 fully saturated rings. The van der Waals surface area contributed by atoms with E-state index in [-0.39, 0.29) is 5.91 Å². The lowest BCUT2D eigenvalue weighted by Gasteiger charge is -2.11. The number of benzene rings is 2. The smallest absolute Gasteiger partial charge is 0.272 e. The van der Waals surface area contributed by atoms with Crippen LogP contribution in [-0.4, -0.2) is 23.7 Å². The van der Waals surface area contributed by atoms with E-state index in [2.05, 4.69) is 5.32 Å². The molecule has 5 heteroatoms. The first-order chi connectivity index (χ1) is 11.7. The Morgan fingerprint density at radius 3 is 2.67 bits per heavy atom. The van der Waals surface area contributed by atoms with Gasteiger partial charge in [-0.15, -0.1) is 0 Å². The van der Waals surface area contributed by atoms with Gasteiger partial charge >= 0.3 is 0 Å². The molecule has 0 saturated carbocycles. The van der Waals surface area contributed by atoms with Gasteiger partial charge in [0.05, 0.1) is 13.2 Å². The van der Waals surface area contributed by atoms with Crippen LogP contribution >= 0.6 is 0 Å². The minimum Gasteiger partial charge on any atom is -0.490 e. The number of aryl methyl sites for hydroxylation is 1. The number of fused-ring (bicyclic) bond motifs is 2. The average Bonchev–Trinajstić information content (AvgIpc) is 2.78. The fourth-order valence-corrected chi connectivity index (χ4v) is 2.94. The van der Waals surface area contributed by atoms with Crippen LogP contribution in [0.4, 0.5) is 5.69 Å². The number of amides is 1. The number of aromatic nitrogens is 1. The van der Waals surface area contributed by atoms with Gasteiger partial charge in [0.25, 0.3) is 5.91 Å². The van der Waals surface area contributed by atoms with E-state index in [1.807, 2.05) is 54.1 Å². The molecule has 1 aromatic heterocycles. The van der Waals surface area contributed by atoms with Gasteiger partial charge in [-0.2, -0.15) is 0 Å². The maximum Gasteiger partial charge on any atom is 0.272 e. The van der Waals surface area contributed by atoms with Gasteiger partial charge < -0.3 is 19.4 Å². The van der Waals surface area contributed by atoms with Crippen LogP contribution in [0.3, 0.4) is 0 Å². The SMILES string of the molecule is Cn1c(C(=O)Nc2ccc3c(c2)OCCCO3)cc2ccccc21. The van der Waals surface area contributed by atoms with E-state index >= 15 is 0 Å². The zero-order valence-electron chi connectivity index (χ0n) is 13.4. The molecule has 122 valence electrons. The van der Waals surface area contributed by atoms with E-state index in [0.29, 0.717) is 30.3 Å². The van der Waals surface area contributed by atoms with Crippen molar-refractivity contribution in [2.45, 2.75) is 6.42 Å². The molecule has 1 amide bonds. The fourth-order valence-electron chi connectivity index (χ4n) is 2.94. The van der Waals surface area contributed by atoms with Crippen LogP contribution in [-0.2, 0) is 7.05 Å². The van der Waals surface area contributed by atoms with Crippen LogP contribution in [0.1, 0.15) is 16.9 Å². The van der Waals surface area contributed by atoms with E-state index in [9.17, 15) is 4.79 Å². The van der Waals surface area contributed by atoms with Gasteiger partial charge in [0.2, 0.25) is 0 Å². The summed E-state index contributed by atoms with van der Waals surface area (Å²) >= 11 is 0. The molecule has 2 aromatic carbocycles. The van der Waals surface area contributed by atoms with Crippen molar-refractivity contribution in [2.24, 2.45) is 7.05 Å². The van der Waals surface area contributed by atoms with Gasteiger partial charge in [0.1, 0.15) is 5.69 Å². The fraction of sp³-hybridized carbons (Fsp3) is 0.211. The molecule has 0 aliphatic carbocycles. The molecular weight excluding hydrogens is 304 g/mol. The lowest BCUT2D eigenvalue weighted by atomic mass is 10.2. The van der Waals surface area contributed by atoms with Gasteiger partial charge in [-0.3, -0.25) is 4.79 Å². The van der Waals surface area contributed by atoms with Crippen LogP contribution < -0.4 is 14.8 Å². The molecule has 0 spiro atoms. The summed E-state index contributed by atoms with van der Waals surface area (Å²) in [6.07, 6.45) is 0.853. The standard InChI is InChI=1S/C19H18N2O3/c1-21-15-6-3-2-5-13(15)11-16(21)19(22)20-14-7-8-17-18(12-14)24-10-4-9-23-17/h2-3,5-8,11-12H,4,9-10H2,1H3,(H,20,22). The van der Waals surface area contributed by atoms with Gasteiger partial charge in [-0.1, -0.05) is 18.2 Å². The lowest BCUT2D eigenvalue weighted by molar-refractivity contribution is 0.101. The van der Waals surface area contributed by atoms with Crippen LogP contribution in [0, 0.1) is 0 Å². The highest BCUT2D eigenvalue weighted by atomic mass is 16.5. The van der Waals surface area contributed by atoms with Crippen LogP contribution in [0.5, 0.6) is 11.5 Å². The maximum atomic E-state index is 12.6. The largest absolute Gasteiger partial charge is 0.490 e. The van der Waals surface area contributed by atoms with E-state index in [0.717, 1.165) is 23.1 Å². The molecule has 0 unspecified atom stereocenters. The molecule has 5 nitrogen and oxygen atoms in total. The molecular formula is C19H18N2O3. The van der Waals surface area contributed by atoms with Crippen molar-refractivity contribution >= 4 is 22.5 Å². The number of anilines is 1. The highest BCUT2D eigenvalue weighted by Crippen LogP contribution is 2.32. The lowest BCUT2D eigenvalue weighted by Crippen LogP contribution is -2.15. The van der Waals surface area contributed by atoms with Crippen molar-refractivity contribution in [3.8, 4) is 11.5 Å². The molecule has 1 aliphatic rings. The van der Waals surface area contributed by atoms with Crippen LogP contribution in [0.25, 0.3) is 10.9 Å². The first-order valence-electron chi connectivity index (χ1n) is 7.98. The number of nitrogens with one attached hydrogen (secondary N) is 1. The third kappa shape index (κ3) is 2.58. The molecule has 0 atom stereocenters. The van der Waals surface area contributed by atoms with E-state index in [1.54, 1.807) is 6.07 Å². The number of carbonyl (C=O) groups is 1. The summed E-state index contributed by atoms with van der Waals surface area (Å²) in [5.74, 6) is 1.24. The molecule has 3 aromatic rings. The predicted octanol–water partition coefficient (Wildman–Crippen LogP) is 3.59. The van der Waals surface area contributed by atoms with Crippen molar-refractivity contribution in [1.29, 1.82) is 0 Å². The Morgan fingerprint density at radius 1 is 1.04 bits per heavy atom. The second-order valence-electron chi connectivity index (χ2n) is 5.81. The zero-order chi connectivity index (χ0) is 16.5. The topological polar surface area (TPSA) is 52.5 Å². The summed E-state index contributed by atoms with van der Waals surface area (Å²) in [5, 5.41) is 3.98. The number of rotatable bonds is 2. The Kier molecular flexibility index (Phi) is 3.61. The molecule has 24 heavy (non-hydrogen) atoms. The summed E-state index contributed by atoms with van der Waals surface area (Å²) in [6.45, 7) is 1.27. The minimum atomic E-state index is -0.150. The van der Waals surface area contributed by atoms with Gasteiger partial charge in [0.15, 0.2) is 11.5 Å². The first-order valence-corrected chi connectivity index (χ1v) is 7.98. The highest BCUT2D eigenvalue weighted by molar-refractivity contribution is 6.06. The number of carbonyl (C=O) groups excluding carboxylic acids is 1. The van der Waals surface area contributed by atoms with E-state index in [4.69, 9.17) is 9.47 Å². The summed E-state index contributed by atoms with van der Waals surface area (Å²) in [5.41, 5.74) is 2.33. The van der Waals surface area contributed by atoms with Crippen LogP contribution in [0.15, 0.2) is 48.5 Å². The number of nitrogens with zero attached hydrogens (tertiary/aromatic N) is 1. The quantitative estimate of drug-likeness (QED) is 0.784. The second kappa shape index (κ2) is 5.92. The predicted molar refractivity (Wildman–Crippen MR) is 92.9 cm³/mol. The van der Waals surface area contributed by atoms with Gasteiger partial charge in [0, 0.05) is 36.1 Å². The molecule has 4 rings (SSSR count). The number of para-hydroxylation sites is 1. The van der Waals surface area contributed by atoms with Crippen molar-refractivity contribution < 1.29 is 14.3 Å². The molecule has 1 N–H and O–H groups in total. The van der Waals surface area contributed by atoms with Crippen LogP contribution in [0.2, 0.25) is 0 Å². The third-order valence-corrected chi connectivity index (χ3v) is 4.19. The molecule has 1 aliphatic heterocycles. The Labute approximate surface area is 139 Å². The van der Waals surface area contributed by atoms with E-state index < -0.39 is 0 Å². The minimum absolute atomic E-state index is 0.150. The molecule has 0 radical (unpaired) electrons. The second-order valence-corrected chi connectivity index (χ2v) is 5.81. The Morgan fingerprint density at radius 2 is 1.83 bits per heavy atom. The van der Waals surface area contributed by atoms with Gasteiger partial charge in [-0.25, -0.2) is 0 Å². The number of ether oxygens (including phenoxy) is 2. The van der Waals surface area contributed by atoms with Crippen molar-refractivity contribution in [2.75, 3.05) is 18.5 Å². The summed E-state index contributed by atoms with van der Waals surface area (Å²) < 4.78 is 13.2. The van der Waals surface area contributed by atoms with Crippen molar-refractivity contribution in [1.82, 2.24) is 4.57 Å². The third-order valence-electron chi connectivity index (χ3n) is 4.19. The monoisotopic (exact) mass is 322 g/mol. The molecule has 0 bridgehead atoms. The van der Waals surface area contributed by atoms with Crippen molar-refractivity contribution in [3.63, 3.8) is 0 Å². The Balaban J connectivity index is 1.61. The summed E-state index contributed by atoms with van der Waals surface area (Å²) in [4.78, 5) is 12.6. The number of hydrogen-bond donors (Lipinski definition) is 1. The normalized spacial score (nSPS) is 13.5. The summed E-state index contributed by atoms with van der Waals surface area (Å²) in [7, 11) is 1.89. The summed E-state index contributed by atoms with van der Waals surface area (Å²) in [6, 6.07) is 15.3.